The standard InChI is InChI=1S/C16H20BrFO/c1-16(2)7-5-12(6-8-16)15(19)10-11-3-4-14(18)13(17)9-11/h3-4,9,12H,5-8,10H2,1-2H3. The van der Waals surface area contributed by atoms with Gasteiger partial charge in [0, 0.05) is 12.3 Å². The van der Waals surface area contributed by atoms with Gasteiger partial charge in [-0.25, -0.2) is 4.39 Å². The van der Waals surface area contributed by atoms with Gasteiger partial charge >= 0.3 is 0 Å². The number of Topliss-reactive ketones (excluding diaryl/α,β-unsaturated/α-hetero) is 1. The summed E-state index contributed by atoms with van der Waals surface area (Å²) in [5.41, 5.74) is 1.28. The van der Waals surface area contributed by atoms with E-state index in [1.54, 1.807) is 12.1 Å². The Hall–Kier alpha value is -0.700. The van der Waals surface area contributed by atoms with Crippen molar-refractivity contribution in [1.29, 1.82) is 0 Å². The molecule has 0 unspecified atom stereocenters. The first-order valence-electron chi connectivity index (χ1n) is 6.84. The molecule has 0 atom stereocenters. The van der Waals surface area contributed by atoms with Crippen LogP contribution in [-0.4, -0.2) is 5.78 Å². The van der Waals surface area contributed by atoms with E-state index < -0.39 is 0 Å². The molecule has 104 valence electrons. The fraction of sp³-hybridized carbons (Fsp3) is 0.562. The van der Waals surface area contributed by atoms with E-state index in [1.807, 2.05) is 0 Å². The summed E-state index contributed by atoms with van der Waals surface area (Å²) >= 11 is 3.16. The fourth-order valence-electron chi connectivity index (χ4n) is 2.72. The van der Waals surface area contributed by atoms with Gasteiger partial charge in [0.15, 0.2) is 0 Å². The average Bonchev–Trinajstić information content (AvgIpc) is 2.33. The van der Waals surface area contributed by atoms with Gasteiger partial charge in [-0.15, -0.1) is 0 Å². The van der Waals surface area contributed by atoms with E-state index in [0.717, 1.165) is 31.2 Å². The second-order valence-electron chi connectivity index (χ2n) is 6.33. The minimum absolute atomic E-state index is 0.192. The van der Waals surface area contributed by atoms with Gasteiger partial charge in [0.1, 0.15) is 11.6 Å². The van der Waals surface area contributed by atoms with Crippen LogP contribution in [0.4, 0.5) is 4.39 Å². The maximum absolute atomic E-state index is 13.1. The number of benzene rings is 1. The van der Waals surface area contributed by atoms with Crippen LogP contribution in [0.5, 0.6) is 0 Å². The van der Waals surface area contributed by atoms with E-state index in [0.29, 0.717) is 22.1 Å². The summed E-state index contributed by atoms with van der Waals surface area (Å²) < 4.78 is 13.6. The Morgan fingerprint density at radius 3 is 2.58 bits per heavy atom. The van der Waals surface area contributed by atoms with E-state index in [4.69, 9.17) is 0 Å². The van der Waals surface area contributed by atoms with Gasteiger partial charge in [0.05, 0.1) is 4.47 Å². The molecule has 0 N–H and O–H groups in total. The third-order valence-corrected chi connectivity index (χ3v) is 4.76. The molecule has 0 saturated heterocycles. The molecule has 1 aliphatic rings. The Morgan fingerprint density at radius 2 is 2.00 bits per heavy atom. The van der Waals surface area contributed by atoms with Crippen molar-refractivity contribution in [3.05, 3.63) is 34.1 Å². The molecule has 0 aliphatic heterocycles. The van der Waals surface area contributed by atoms with Gasteiger partial charge in [0.25, 0.3) is 0 Å². The number of ketones is 1. The smallest absolute Gasteiger partial charge is 0.140 e. The number of hydrogen-bond acceptors (Lipinski definition) is 1. The lowest BCUT2D eigenvalue weighted by atomic mass is 9.71. The molecule has 1 fully saturated rings. The van der Waals surface area contributed by atoms with Crippen molar-refractivity contribution in [2.75, 3.05) is 0 Å². The molecule has 1 aromatic carbocycles. The molecule has 0 heterocycles. The molecule has 1 aromatic rings. The van der Waals surface area contributed by atoms with Crippen LogP contribution in [-0.2, 0) is 11.2 Å². The number of halogens is 2. The summed E-state index contributed by atoms with van der Waals surface area (Å²) in [5, 5.41) is 0. The second-order valence-corrected chi connectivity index (χ2v) is 7.18. The molecule has 0 radical (unpaired) electrons. The van der Waals surface area contributed by atoms with E-state index >= 15 is 0 Å². The number of carbonyl (C=O) groups excluding carboxylic acids is 1. The quantitative estimate of drug-likeness (QED) is 0.770. The van der Waals surface area contributed by atoms with Gasteiger partial charge in [-0.1, -0.05) is 19.9 Å². The molecule has 3 heteroatoms. The molecule has 0 bridgehead atoms. The number of carbonyl (C=O) groups is 1. The first-order chi connectivity index (χ1) is 8.87. The summed E-state index contributed by atoms with van der Waals surface area (Å²) in [4.78, 5) is 12.3. The van der Waals surface area contributed by atoms with Crippen molar-refractivity contribution >= 4 is 21.7 Å². The van der Waals surface area contributed by atoms with Crippen molar-refractivity contribution in [3.63, 3.8) is 0 Å². The van der Waals surface area contributed by atoms with Crippen molar-refractivity contribution in [2.24, 2.45) is 11.3 Å². The lowest BCUT2D eigenvalue weighted by molar-refractivity contribution is -0.123. The van der Waals surface area contributed by atoms with Gasteiger partial charge in [-0.05, 0) is 64.7 Å². The lowest BCUT2D eigenvalue weighted by Gasteiger charge is -2.33. The molecular weight excluding hydrogens is 307 g/mol. The van der Waals surface area contributed by atoms with Crippen LogP contribution >= 0.6 is 15.9 Å². The third kappa shape index (κ3) is 3.88. The summed E-state index contributed by atoms with van der Waals surface area (Å²) in [6.07, 6.45) is 4.65. The second kappa shape index (κ2) is 5.74. The largest absolute Gasteiger partial charge is 0.299 e. The van der Waals surface area contributed by atoms with Crippen LogP contribution in [0, 0.1) is 17.2 Å². The zero-order chi connectivity index (χ0) is 14.0. The van der Waals surface area contributed by atoms with Crippen molar-refractivity contribution in [1.82, 2.24) is 0 Å². The number of hydrogen-bond donors (Lipinski definition) is 0. The SMILES string of the molecule is CC1(C)CCC(C(=O)Cc2ccc(F)c(Br)c2)CC1. The third-order valence-electron chi connectivity index (χ3n) is 4.16. The Morgan fingerprint density at radius 1 is 1.37 bits per heavy atom. The van der Waals surface area contributed by atoms with Crippen LogP contribution < -0.4 is 0 Å². The predicted molar refractivity (Wildman–Crippen MR) is 78.6 cm³/mol. The van der Waals surface area contributed by atoms with E-state index in [-0.39, 0.29) is 11.7 Å². The fourth-order valence-corrected chi connectivity index (χ4v) is 3.14. The van der Waals surface area contributed by atoms with Crippen LogP contribution in [0.15, 0.2) is 22.7 Å². The molecule has 1 saturated carbocycles. The van der Waals surface area contributed by atoms with Crippen LogP contribution in [0.2, 0.25) is 0 Å². The molecule has 0 amide bonds. The van der Waals surface area contributed by atoms with Crippen molar-refractivity contribution in [2.45, 2.75) is 46.0 Å². The Labute approximate surface area is 122 Å². The molecule has 1 nitrogen and oxygen atoms in total. The first-order valence-corrected chi connectivity index (χ1v) is 7.63. The average molecular weight is 327 g/mol. The molecule has 0 spiro atoms. The van der Waals surface area contributed by atoms with Gasteiger partial charge in [0.2, 0.25) is 0 Å². The summed E-state index contributed by atoms with van der Waals surface area (Å²) in [5.74, 6) is 0.210. The van der Waals surface area contributed by atoms with Gasteiger partial charge in [-0.3, -0.25) is 4.79 Å². The maximum Gasteiger partial charge on any atom is 0.140 e. The monoisotopic (exact) mass is 326 g/mol. The van der Waals surface area contributed by atoms with E-state index in [9.17, 15) is 9.18 Å². The Balaban J connectivity index is 1.96. The minimum atomic E-state index is -0.282. The summed E-state index contributed by atoms with van der Waals surface area (Å²) in [6.45, 7) is 4.54. The lowest BCUT2D eigenvalue weighted by Crippen LogP contribution is -2.27. The highest BCUT2D eigenvalue weighted by Gasteiger charge is 2.30. The topological polar surface area (TPSA) is 17.1 Å². The highest BCUT2D eigenvalue weighted by atomic mass is 79.9. The van der Waals surface area contributed by atoms with Crippen LogP contribution in [0.3, 0.4) is 0 Å². The molecule has 2 rings (SSSR count). The van der Waals surface area contributed by atoms with Crippen LogP contribution in [0.25, 0.3) is 0 Å². The first kappa shape index (κ1) is 14.7. The molecular formula is C16H20BrFO. The summed E-state index contributed by atoms with van der Waals surface area (Å²) in [6, 6.07) is 4.82. The zero-order valence-corrected chi connectivity index (χ0v) is 13.1. The molecule has 0 aromatic heterocycles. The maximum atomic E-state index is 13.1. The summed E-state index contributed by atoms with van der Waals surface area (Å²) in [7, 11) is 0. The van der Waals surface area contributed by atoms with Gasteiger partial charge < -0.3 is 0 Å². The van der Waals surface area contributed by atoms with Crippen molar-refractivity contribution in [3.8, 4) is 0 Å². The predicted octanol–water partition coefficient (Wildman–Crippen LogP) is 4.92. The van der Waals surface area contributed by atoms with Crippen molar-refractivity contribution < 1.29 is 9.18 Å². The highest BCUT2D eigenvalue weighted by Crippen LogP contribution is 2.38. The zero-order valence-electron chi connectivity index (χ0n) is 11.5. The number of rotatable bonds is 3. The van der Waals surface area contributed by atoms with E-state index in [2.05, 4.69) is 29.8 Å². The van der Waals surface area contributed by atoms with Gasteiger partial charge in [-0.2, -0.15) is 0 Å². The highest BCUT2D eigenvalue weighted by molar-refractivity contribution is 9.10. The van der Waals surface area contributed by atoms with E-state index in [1.165, 1.54) is 6.07 Å². The molecule has 19 heavy (non-hydrogen) atoms. The minimum Gasteiger partial charge on any atom is -0.299 e. The Kier molecular flexibility index (Phi) is 4.44. The van der Waals surface area contributed by atoms with Crippen LogP contribution in [0.1, 0.15) is 45.1 Å². The molecule has 1 aliphatic carbocycles. The Bertz CT molecular complexity index is 472. The normalized spacial score (nSPS) is 19.4.